The van der Waals surface area contributed by atoms with Gasteiger partial charge < -0.3 is 15.3 Å². The van der Waals surface area contributed by atoms with Crippen molar-refractivity contribution < 1.29 is 42.7 Å². The second-order valence-electron chi connectivity index (χ2n) is 7.58. The zero-order valence-electron chi connectivity index (χ0n) is 18.0. The first kappa shape index (κ1) is 26.2. The van der Waals surface area contributed by atoms with Crippen molar-refractivity contribution in [2.24, 2.45) is 0 Å². The second-order valence-corrected chi connectivity index (χ2v) is 9.82. The van der Waals surface area contributed by atoms with Crippen LogP contribution in [-0.2, 0) is 19.7 Å². The van der Waals surface area contributed by atoms with Gasteiger partial charge in [-0.2, -0.15) is 8.42 Å². The first-order valence-corrected chi connectivity index (χ1v) is 11.8. The van der Waals surface area contributed by atoms with E-state index >= 15 is 0 Å². The smallest absolute Gasteiger partial charge is 0.339 e. The number of aromatic hydroxyl groups is 1. The van der Waals surface area contributed by atoms with Crippen LogP contribution in [-0.4, -0.2) is 46.0 Å². The molecule has 4 N–H and O–H groups in total. The molecule has 0 bridgehead atoms. The van der Waals surface area contributed by atoms with Gasteiger partial charge in [-0.25, -0.2) is 9.59 Å². The summed E-state index contributed by atoms with van der Waals surface area (Å²) in [7, 11) is -4.69. The number of benzene rings is 2. The number of carbonyl (C=O) groups excluding carboxylic acids is 1. The van der Waals surface area contributed by atoms with Crippen molar-refractivity contribution in [1.29, 1.82) is 0 Å². The Labute approximate surface area is 209 Å². The van der Waals surface area contributed by atoms with Gasteiger partial charge in [-0.05, 0) is 78.1 Å². The van der Waals surface area contributed by atoms with E-state index in [1.54, 1.807) is 0 Å². The van der Waals surface area contributed by atoms with Crippen LogP contribution in [0.5, 0.6) is 5.75 Å². The van der Waals surface area contributed by atoms with Gasteiger partial charge in [0.1, 0.15) is 16.9 Å². The van der Waals surface area contributed by atoms with Gasteiger partial charge in [-0.15, -0.1) is 0 Å². The third kappa shape index (κ3) is 5.01. The van der Waals surface area contributed by atoms with E-state index in [1.807, 2.05) is 0 Å². The predicted molar refractivity (Wildman–Crippen MR) is 127 cm³/mol. The topological polar surface area (TPSA) is 166 Å². The molecular formula is C23H16Cl2O9S. The van der Waals surface area contributed by atoms with Gasteiger partial charge in [-0.3, -0.25) is 9.35 Å². The number of halogens is 2. The molecule has 2 aromatic carbocycles. The lowest BCUT2D eigenvalue weighted by atomic mass is 9.85. The van der Waals surface area contributed by atoms with Crippen LogP contribution in [0.3, 0.4) is 0 Å². The zero-order valence-corrected chi connectivity index (χ0v) is 20.3. The first-order valence-electron chi connectivity index (χ1n) is 9.60. The molecule has 0 radical (unpaired) electrons. The van der Waals surface area contributed by atoms with Crippen LogP contribution in [0.2, 0.25) is 10.0 Å². The Morgan fingerprint density at radius 3 is 1.97 bits per heavy atom. The van der Waals surface area contributed by atoms with E-state index in [1.165, 1.54) is 26.0 Å². The fourth-order valence-corrected chi connectivity index (χ4v) is 4.90. The molecule has 0 unspecified atom stereocenters. The fraction of sp³-hybridized carbons (Fsp3) is 0.0870. The van der Waals surface area contributed by atoms with Gasteiger partial charge >= 0.3 is 11.9 Å². The third-order valence-electron chi connectivity index (χ3n) is 5.18. The van der Waals surface area contributed by atoms with Crippen molar-refractivity contribution in [2.45, 2.75) is 18.7 Å². The highest BCUT2D eigenvalue weighted by molar-refractivity contribution is 7.85. The molecule has 0 amide bonds. The van der Waals surface area contributed by atoms with Crippen LogP contribution >= 0.6 is 23.2 Å². The van der Waals surface area contributed by atoms with Crippen LogP contribution < -0.4 is 0 Å². The number of carboxylic acids is 2. The van der Waals surface area contributed by atoms with Crippen molar-refractivity contribution in [3.05, 3.63) is 85.4 Å². The van der Waals surface area contributed by atoms with Gasteiger partial charge in [0.25, 0.3) is 10.1 Å². The summed E-state index contributed by atoms with van der Waals surface area (Å²) in [5.74, 6) is -4.21. The SMILES string of the molecule is CC1=CC(=C(c2cc(C)c(O)c(C(=O)O)c2)c2c(Cl)cc(S(=O)(=O)O)cc2Cl)C=C(C(=O)O)C1=O. The lowest BCUT2D eigenvalue weighted by Crippen LogP contribution is -2.17. The summed E-state index contributed by atoms with van der Waals surface area (Å²) >= 11 is 12.7. The lowest BCUT2D eigenvalue weighted by molar-refractivity contribution is -0.134. The average Bonchev–Trinajstić information content (AvgIpc) is 2.73. The van der Waals surface area contributed by atoms with E-state index in [-0.39, 0.29) is 43.5 Å². The Bertz CT molecular complexity index is 1510. The molecule has 0 aliphatic heterocycles. The minimum Gasteiger partial charge on any atom is -0.507 e. The molecule has 0 aromatic heterocycles. The molecule has 0 saturated carbocycles. The molecule has 1 aliphatic carbocycles. The molecule has 1 aliphatic rings. The number of hydrogen-bond acceptors (Lipinski definition) is 6. The van der Waals surface area contributed by atoms with Crippen LogP contribution in [0.1, 0.15) is 34.0 Å². The quantitative estimate of drug-likeness (QED) is 0.320. The average molecular weight is 539 g/mol. The Kier molecular flexibility index (Phi) is 6.96. The summed E-state index contributed by atoms with van der Waals surface area (Å²) in [5, 5.41) is 28.7. The zero-order chi connectivity index (χ0) is 26.4. The van der Waals surface area contributed by atoms with Gasteiger partial charge in [0, 0.05) is 5.56 Å². The van der Waals surface area contributed by atoms with Gasteiger partial charge in [0.15, 0.2) is 5.78 Å². The second kappa shape index (κ2) is 9.31. The van der Waals surface area contributed by atoms with Crippen molar-refractivity contribution in [1.82, 2.24) is 0 Å². The van der Waals surface area contributed by atoms with E-state index in [0.717, 1.165) is 24.3 Å². The monoisotopic (exact) mass is 538 g/mol. The number of hydrogen-bond donors (Lipinski definition) is 4. The van der Waals surface area contributed by atoms with Crippen LogP contribution in [0, 0.1) is 6.92 Å². The maximum atomic E-state index is 12.3. The van der Waals surface area contributed by atoms with E-state index < -0.39 is 49.6 Å². The molecule has 2 aromatic rings. The number of ketones is 1. The largest absolute Gasteiger partial charge is 0.507 e. The summed E-state index contributed by atoms with van der Waals surface area (Å²) in [6, 6.07) is 4.32. The fourth-order valence-electron chi connectivity index (χ4n) is 3.56. The normalized spacial score (nSPS) is 15.4. The van der Waals surface area contributed by atoms with Gasteiger partial charge in [0.2, 0.25) is 0 Å². The molecular weight excluding hydrogens is 523 g/mol. The van der Waals surface area contributed by atoms with Crippen molar-refractivity contribution in [2.75, 3.05) is 0 Å². The number of aromatic carboxylic acids is 1. The Morgan fingerprint density at radius 1 is 0.914 bits per heavy atom. The molecule has 182 valence electrons. The molecule has 12 heteroatoms. The Hall–Kier alpha value is -3.44. The Balaban J connectivity index is 2.54. The number of carbonyl (C=O) groups is 3. The first-order chi connectivity index (χ1) is 16.1. The van der Waals surface area contributed by atoms with Gasteiger partial charge in [-0.1, -0.05) is 23.2 Å². The maximum absolute atomic E-state index is 12.3. The summed E-state index contributed by atoms with van der Waals surface area (Å²) in [4.78, 5) is 35.1. The number of rotatable bonds is 5. The van der Waals surface area contributed by atoms with E-state index in [4.69, 9.17) is 23.2 Å². The molecule has 0 spiro atoms. The predicted octanol–water partition coefficient (Wildman–Crippen LogP) is 4.29. The molecule has 0 fully saturated rings. The van der Waals surface area contributed by atoms with E-state index in [0.29, 0.717) is 0 Å². The minimum absolute atomic E-state index is 0.0310. The van der Waals surface area contributed by atoms with Crippen molar-refractivity contribution in [3.8, 4) is 5.75 Å². The lowest BCUT2D eigenvalue weighted by Gasteiger charge is -2.20. The molecule has 0 atom stereocenters. The molecule has 0 heterocycles. The number of carboxylic acid groups (broad SMARTS) is 2. The summed E-state index contributed by atoms with van der Waals surface area (Å²) < 4.78 is 32.6. The maximum Gasteiger partial charge on any atom is 0.339 e. The van der Waals surface area contributed by atoms with Crippen molar-refractivity contribution in [3.63, 3.8) is 0 Å². The number of aliphatic carboxylic acids is 1. The van der Waals surface area contributed by atoms with E-state index in [9.17, 15) is 42.7 Å². The summed E-state index contributed by atoms with van der Waals surface area (Å²) in [6.07, 6.45) is 2.40. The Morgan fingerprint density at radius 2 is 1.49 bits per heavy atom. The molecule has 0 saturated heterocycles. The molecule has 35 heavy (non-hydrogen) atoms. The standard InChI is InChI=1S/C23H16Cl2O9S/c1-9-3-11(5-14(20(9)26)22(28)29)18(12-4-10(2)21(27)15(6-12)23(30)31)19-16(24)7-13(8-17(19)25)35(32,33)34/h3-8,26H,1-2H3,(H,28,29)(H,30,31)(H,32,33,34). The van der Waals surface area contributed by atoms with Crippen LogP contribution in [0.15, 0.2) is 58.0 Å². The number of allylic oxidation sites excluding steroid dienone is 4. The van der Waals surface area contributed by atoms with E-state index in [2.05, 4.69) is 0 Å². The number of phenols is 1. The van der Waals surface area contributed by atoms with Crippen LogP contribution in [0.25, 0.3) is 5.57 Å². The summed E-state index contributed by atoms with van der Waals surface area (Å²) in [6.45, 7) is 2.81. The van der Waals surface area contributed by atoms with Gasteiger partial charge in [0.05, 0.1) is 14.9 Å². The summed E-state index contributed by atoms with van der Waals surface area (Å²) in [5.41, 5.74) is -0.611. The van der Waals surface area contributed by atoms with Crippen LogP contribution in [0.4, 0.5) is 0 Å². The number of Topliss-reactive ketones (excluding diaryl/α,β-unsaturated/α-hetero) is 1. The molecule has 9 nitrogen and oxygen atoms in total. The highest BCUT2D eigenvalue weighted by atomic mass is 35.5. The minimum atomic E-state index is -4.69. The third-order valence-corrected chi connectivity index (χ3v) is 6.60. The van der Waals surface area contributed by atoms with Crippen molar-refractivity contribution >= 4 is 56.6 Å². The molecule has 3 rings (SSSR count). The highest BCUT2D eigenvalue weighted by Gasteiger charge is 2.28. The highest BCUT2D eigenvalue weighted by Crippen LogP contribution is 2.42. The number of aryl methyl sites for hydroxylation is 1.